The number of benzene rings is 1. The first-order valence-corrected chi connectivity index (χ1v) is 5.76. The minimum atomic E-state index is 0.00571. The van der Waals surface area contributed by atoms with E-state index in [4.69, 9.17) is 0 Å². The number of nitrogens with one attached hydrogen (secondary N) is 1. The zero-order chi connectivity index (χ0) is 11.5. The molecule has 1 N–H and O–H groups in total. The van der Waals surface area contributed by atoms with Crippen molar-refractivity contribution < 1.29 is 4.79 Å². The van der Waals surface area contributed by atoms with Gasteiger partial charge in [-0.15, -0.1) is 0 Å². The Morgan fingerprint density at radius 2 is 2.06 bits per heavy atom. The molecular weight excluding hydrogens is 200 g/mol. The predicted octanol–water partition coefficient (Wildman–Crippen LogP) is 1.57. The molecule has 1 aromatic rings. The number of amides is 1. The third-order valence-corrected chi connectivity index (χ3v) is 3.34. The van der Waals surface area contributed by atoms with Crippen molar-refractivity contribution in [1.82, 2.24) is 10.2 Å². The number of nitrogens with zero attached hydrogens (tertiary/aromatic N) is 1. The van der Waals surface area contributed by atoms with E-state index in [1.54, 1.807) is 0 Å². The van der Waals surface area contributed by atoms with Crippen LogP contribution in [0.1, 0.15) is 24.9 Å². The van der Waals surface area contributed by atoms with Crippen molar-refractivity contribution in [2.45, 2.75) is 25.4 Å². The molecular formula is C13H18N2O. The molecule has 0 spiro atoms. The van der Waals surface area contributed by atoms with Gasteiger partial charge in [0.25, 0.3) is 0 Å². The van der Waals surface area contributed by atoms with Crippen LogP contribution < -0.4 is 5.32 Å². The molecule has 1 heterocycles. The van der Waals surface area contributed by atoms with E-state index in [9.17, 15) is 4.79 Å². The van der Waals surface area contributed by atoms with Crippen molar-refractivity contribution in [3.05, 3.63) is 35.9 Å². The lowest BCUT2D eigenvalue weighted by Gasteiger charge is -2.25. The van der Waals surface area contributed by atoms with Crippen molar-refractivity contribution in [2.75, 3.05) is 13.6 Å². The molecule has 1 amide bonds. The van der Waals surface area contributed by atoms with E-state index < -0.39 is 0 Å². The van der Waals surface area contributed by atoms with E-state index in [0.717, 1.165) is 13.0 Å². The first-order chi connectivity index (χ1) is 7.74. The topological polar surface area (TPSA) is 32.3 Å². The number of likely N-dealkylation sites (N-methyl/N-ethyl adjacent to an activating group) is 1. The Morgan fingerprint density at radius 3 is 2.62 bits per heavy atom. The predicted molar refractivity (Wildman–Crippen MR) is 64.0 cm³/mol. The lowest BCUT2D eigenvalue weighted by Crippen LogP contribution is -2.37. The lowest BCUT2D eigenvalue weighted by atomic mass is 10.1. The van der Waals surface area contributed by atoms with Crippen LogP contribution in [0.25, 0.3) is 0 Å². The zero-order valence-corrected chi connectivity index (χ0v) is 9.81. The maximum atomic E-state index is 12.0. The molecule has 1 aliphatic heterocycles. The number of likely N-dealkylation sites (tertiary alicyclic amines) is 1. The summed E-state index contributed by atoms with van der Waals surface area (Å²) < 4.78 is 0. The Labute approximate surface area is 96.5 Å². The van der Waals surface area contributed by atoms with Gasteiger partial charge in [-0.25, -0.2) is 0 Å². The first-order valence-electron chi connectivity index (χ1n) is 5.76. The molecule has 0 aromatic heterocycles. The molecule has 1 saturated heterocycles. The van der Waals surface area contributed by atoms with Gasteiger partial charge >= 0.3 is 0 Å². The average Bonchev–Trinajstić information content (AvgIpc) is 2.70. The molecule has 2 unspecified atom stereocenters. The molecule has 3 heteroatoms. The molecule has 2 atom stereocenters. The molecule has 3 nitrogen and oxygen atoms in total. The summed E-state index contributed by atoms with van der Waals surface area (Å²) in [6.45, 7) is 2.94. The van der Waals surface area contributed by atoms with Crippen molar-refractivity contribution in [1.29, 1.82) is 0 Å². The van der Waals surface area contributed by atoms with Crippen LogP contribution in [0.2, 0.25) is 0 Å². The summed E-state index contributed by atoms with van der Waals surface area (Å²) in [6, 6.07) is 10.4. The largest absolute Gasteiger partial charge is 0.335 e. The molecule has 0 bridgehead atoms. The molecule has 1 aliphatic rings. The molecule has 0 radical (unpaired) electrons. The second-order valence-electron chi connectivity index (χ2n) is 4.25. The van der Waals surface area contributed by atoms with E-state index in [1.165, 1.54) is 5.56 Å². The van der Waals surface area contributed by atoms with E-state index >= 15 is 0 Å². The fraction of sp³-hybridized carbons (Fsp3) is 0.462. The Hall–Kier alpha value is -1.35. The van der Waals surface area contributed by atoms with E-state index in [-0.39, 0.29) is 18.0 Å². The Morgan fingerprint density at radius 1 is 1.38 bits per heavy atom. The number of hydrogen-bond acceptors (Lipinski definition) is 2. The molecule has 2 rings (SSSR count). The second kappa shape index (κ2) is 4.66. The maximum Gasteiger partial charge on any atom is 0.240 e. The van der Waals surface area contributed by atoms with Crippen molar-refractivity contribution >= 4 is 5.91 Å². The van der Waals surface area contributed by atoms with Gasteiger partial charge in [0, 0.05) is 6.54 Å². The normalized spacial score (nSPS) is 22.5. The molecule has 16 heavy (non-hydrogen) atoms. The van der Waals surface area contributed by atoms with Crippen LogP contribution in [0.3, 0.4) is 0 Å². The van der Waals surface area contributed by atoms with Gasteiger partial charge in [-0.3, -0.25) is 4.79 Å². The van der Waals surface area contributed by atoms with Gasteiger partial charge in [0.05, 0.1) is 12.1 Å². The third-order valence-electron chi connectivity index (χ3n) is 3.34. The van der Waals surface area contributed by atoms with Crippen molar-refractivity contribution in [3.8, 4) is 0 Å². The van der Waals surface area contributed by atoms with Gasteiger partial charge in [-0.1, -0.05) is 30.3 Å². The standard InChI is InChI=1S/C13H18N2O/c1-10(11-6-4-3-5-7-11)15-9-8-12(14-2)13(15)16/h3-7,10,12,14H,8-9H2,1-2H3. The summed E-state index contributed by atoms with van der Waals surface area (Å²) in [5, 5.41) is 3.06. The molecule has 86 valence electrons. The third kappa shape index (κ3) is 1.95. The molecule has 0 aliphatic carbocycles. The summed E-state index contributed by atoms with van der Waals surface area (Å²) in [6.07, 6.45) is 0.909. The Balaban J connectivity index is 2.12. The van der Waals surface area contributed by atoms with Gasteiger partial charge in [-0.05, 0) is 26.0 Å². The summed E-state index contributed by atoms with van der Waals surface area (Å²) in [5.41, 5.74) is 1.20. The van der Waals surface area contributed by atoms with Crippen LogP contribution in [-0.4, -0.2) is 30.4 Å². The van der Waals surface area contributed by atoms with Gasteiger partial charge in [0.15, 0.2) is 0 Å². The highest BCUT2D eigenvalue weighted by atomic mass is 16.2. The molecule has 0 saturated carbocycles. The number of carbonyl (C=O) groups is 1. The molecule has 1 aromatic carbocycles. The first kappa shape index (κ1) is 11.1. The lowest BCUT2D eigenvalue weighted by molar-refractivity contribution is -0.131. The van der Waals surface area contributed by atoms with Crippen LogP contribution >= 0.6 is 0 Å². The van der Waals surface area contributed by atoms with Gasteiger partial charge < -0.3 is 10.2 Å². The quantitative estimate of drug-likeness (QED) is 0.835. The zero-order valence-electron chi connectivity index (χ0n) is 9.81. The molecule has 1 fully saturated rings. The number of hydrogen-bond donors (Lipinski definition) is 1. The SMILES string of the molecule is CNC1CCN(C(C)c2ccccc2)C1=O. The highest BCUT2D eigenvalue weighted by molar-refractivity contribution is 5.84. The summed E-state index contributed by atoms with van der Waals surface area (Å²) in [7, 11) is 1.85. The van der Waals surface area contributed by atoms with E-state index in [1.807, 2.05) is 30.1 Å². The van der Waals surface area contributed by atoms with Gasteiger partial charge in [0.2, 0.25) is 5.91 Å². The van der Waals surface area contributed by atoms with Crippen LogP contribution in [0.15, 0.2) is 30.3 Å². The van der Waals surface area contributed by atoms with Crippen LogP contribution in [-0.2, 0) is 4.79 Å². The van der Waals surface area contributed by atoms with Gasteiger partial charge in [0.1, 0.15) is 0 Å². The second-order valence-corrected chi connectivity index (χ2v) is 4.25. The smallest absolute Gasteiger partial charge is 0.240 e. The van der Waals surface area contributed by atoms with Gasteiger partial charge in [-0.2, -0.15) is 0 Å². The minimum Gasteiger partial charge on any atom is -0.335 e. The Bertz CT molecular complexity index is 363. The van der Waals surface area contributed by atoms with E-state index in [0.29, 0.717) is 0 Å². The Kier molecular flexibility index (Phi) is 3.25. The van der Waals surface area contributed by atoms with Crippen LogP contribution in [0.5, 0.6) is 0 Å². The van der Waals surface area contributed by atoms with Crippen LogP contribution in [0.4, 0.5) is 0 Å². The minimum absolute atomic E-state index is 0.00571. The summed E-state index contributed by atoms with van der Waals surface area (Å²) in [4.78, 5) is 14.0. The fourth-order valence-electron chi connectivity index (χ4n) is 2.27. The average molecular weight is 218 g/mol. The maximum absolute atomic E-state index is 12.0. The number of carbonyl (C=O) groups excluding carboxylic acids is 1. The van der Waals surface area contributed by atoms with E-state index in [2.05, 4.69) is 24.4 Å². The fourth-order valence-corrected chi connectivity index (χ4v) is 2.27. The summed E-state index contributed by atoms with van der Waals surface area (Å²) >= 11 is 0. The van der Waals surface area contributed by atoms with Crippen LogP contribution in [0, 0.1) is 0 Å². The van der Waals surface area contributed by atoms with Crippen molar-refractivity contribution in [2.24, 2.45) is 0 Å². The highest BCUT2D eigenvalue weighted by Gasteiger charge is 2.33. The highest BCUT2D eigenvalue weighted by Crippen LogP contribution is 2.25. The number of rotatable bonds is 3. The monoisotopic (exact) mass is 218 g/mol. The summed E-state index contributed by atoms with van der Waals surface area (Å²) in [5.74, 6) is 0.221. The van der Waals surface area contributed by atoms with Crippen molar-refractivity contribution in [3.63, 3.8) is 0 Å².